The molecule has 1 heterocycles. The topological polar surface area (TPSA) is 51.2 Å². The Labute approximate surface area is 35.8 Å². The summed E-state index contributed by atoms with van der Waals surface area (Å²) in [5, 5.41) is -1.48. The van der Waals surface area contributed by atoms with Crippen LogP contribution in [0.5, 0.6) is 0 Å². The molecule has 0 N–H and O–H groups in total. The molecule has 0 saturated carbocycles. The fraction of sp³-hybridized carbons (Fsp3) is 0. The zero-order chi connectivity index (χ0) is 4.73. The molecule has 0 spiro atoms. The number of hydrogen-bond donors (Lipinski definition) is 0. The molecule has 0 amide bonds. The molecule has 0 aromatic carbocycles. The summed E-state index contributed by atoms with van der Waals surface area (Å²) >= 11 is 0. The first kappa shape index (κ1) is 3.67. The highest BCUT2D eigenvalue weighted by Crippen LogP contribution is 2.04. The summed E-state index contributed by atoms with van der Waals surface area (Å²) in [6.07, 6.45) is 0. The van der Waals surface area contributed by atoms with Gasteiger partial charge in [-0.15, -0.1) is 0 Å². The molecule has 4 heteroatoms. The highest BCUT2D eigenvalue weighted by atomic mass is 32.2. The van der Waals surface area contributed by atoms with Crippen molar-refractivity contribution in [1.29, 1.82) is 0 Å². The van der Waals surface area contributed by atoms with Crippen molar-refractivity contribution >= 4 is 21.0 Å². The van der Waals surface area contributed by atoms with Gasteiger partial charge in [0.15, 0.2) is 10.8 Å². The van der Waals surface area contributed by atoms with Gasteiger partial charge < -0.3 is 0 Å². The van der Waals surface area contributed by atoms with Gasteiger partial charge in [0.25, 0.3) is 0 Å². The maximum absolute atomic E-state index is 9.63. The summed E-state index contributed by atoms with van der Waals surface area (Å²) in [6, 6.07) is 0. The lowest BCUT2D eigenvalue weighted by molar-refractivity contribution is -0.122. The lowest BCUT2D eigenvalue weighted by atomic mass is 10.9. The Morgan fingerprint density at radius 3 is 1.33 bits per heavy atom. The average molecular weight is 104 g/mol. The number of hydrogen-bond acceptors (Lipinski definition) is 3. The van der Waals surface area contributed by atoms with Gasteiger partial charge in [-0.05, 0) is 0 Å². The smallest absolute Gasteiger partial charge is 0.274 e. The second kappa shape index (κ2) is 0.759. The SMILES string of the molecule is O=C1C(=O)S1=O. The van der Waals surface area contributed by atoms with Crippen molar-refractivity contribution in [2.75, 3.05) is 0 Å². The highest BCUT2D eigenvalue weighted by Gasteiger charge is 2.45. The second-order valence-electron chi connectivity index (χ2n) is 0.844. The summed E-state index contributed by atoms with van der Waals surface area (Å²) in [7, 11) is -1.73. The van der Waals surface area contributed by atoms with Crippen molar-refractivity contribution in [2.24, 2.45) is 0 Å². The third kappa shape index (κ3) is 0.240. The van der Waals surface area contributed by atoms with E-state index in [9.17, 15) is 13.8 Å². The van der Waals surface area contributed by atoms with Crippen molar-refractivity contribution in [3.05, 3.63) is 0 Å². The lowest BCUT2D eigenvalue weighted by Crippen LogP contribution is -1.62. The molecule has 1 aliphatic heterocycles. The molecule has 1 fully saturated rings. The highest BCUT2D eigenvalue weighted by molar-refractivity contribution is 8.32. The van der Waals surface area contributed by atoms with E-state index in [1.54, 1.807) is 0 Å². The van der Waals surface area contributed by atoms with Gasteiger partial charge in [0.1, 0.15) is 0 Å². The van der Waals surface area contributed by atoms with Crippen LogP contribution < -0.4 is 0 Å². The summed E-state index contributed by atoms with van der Waals surface area (Å²) < 4.78 is 9.63. The Bertz CT molecular complexity index is 106. The van der Waals surface area contributed by atoms with Gasteiger partial charge in [-0.2, -0.15) is 0 Å². The molecule has 32 valence electrons. The first-order valence-corrected chi connectivity index (χ1v) is 2.38. The first-order chi connectivity index (χ1) is 2.73. The van der Waals surface area contributed by atoms with E-state index < -0.39 is 21.0 Å². The van der Waals surface area contributed by atoms with Crippen LogP contribution in [0.15, 0.2) is 0 Å². The quantitative estimate of drug-likeness (QED) is 0.286. The van der Waals surface area contributed by atoms with E-state index in [0.717, 1.165) is 0 Å². The van der Waals surface area contributed by atoms with Crippen LogP contribution in [0.2, 0.25) is 0 Å². The molecule has 1 saturated heterocycles. The third-order valence-corrected chi connectivity index (χ3v) is 1.30. The van der Waals surface area contributed by atoms with Gasteiger partial charge >= 0.3 is 10.2 Å². The molecule has 0 atom stereocenters. The van der Waals surface area contributed by atoms with Gasteiger partial charge in [0.2, 0.25) is 0 Å². The van der Waals surface area contributed by atoms with Gasteiger partial charge in [0.05, 0.1) is 0 Å². The molecule has 0 aliphatic carbocycles. The predicted octanol–water partition coefficient (Wildman–Crippen LogP) is -1.20. The third-order valence-electron chi connectivity index (χ3n) is 0.462. The van der Waals surface area contributed by atoms with Crippen molar-refractivity contribution in [1.82, 2.24) is 0 Å². The number of rotatable bonds is 0. The van der Waals surface area contributed by atoms with Crippen LogP contribution in [0.4, 0.5) is 0 Å². The molecule has 3 nitrogen and oxygen atoms in total. The van der Waals surface area contributed by atoms with E-state index >= 15 is 0 Å². The van der Waals surface area contributed by atoms with E-state index in [-0.39, 0.29) is 0 Å². The van der Waals surface area contributed by atoms with E-state index in [2.05, 4.69) is 0 Å². The van der Waals surface area contributed by atoms with Crippen LogP contribution in [0.1, 0.15) is 0 Å². The van der Waals surface area contributed by atoms with Crippen LogP contribution in [-0.4, -0.2) is 14.4 Å². The van der Waals surface area contributed by atoms with Crippen molar-refractivity contribution in [3.63, 3.8) is 0 Å². The molecule has 0 unspecified atom stereocenters. The van der Waals surface area contributed by atoms with E-state index in [1.165, 1.54) is 0 Å². The molecule has 0 bridgehead atoms. The second-order valence-corrected chi connectivity index (χ2v) is 2.12. The Morgan fingerprint density at radius 1 is 1.17 bits per heavy atom. The van der Waals surface area contributed by atoms with Crippen LogP contribution in [0.3, 0.4) is 0 Å². The van der Waals surface area contributed by atoms with E-state index in [4.69, 9.17) is 0 Å². The van der Waals surface area contributed by atoms with Crippen LogP contribution >= 0.6 is 0 Å². The average Bonchev–Trinajstić information content (AvgIpc) is 1.94. The minimum absolute atomic E-state index is 0.741. The molecule has 1 rings (SSSR count). The largest absolute Gasteiger partial charge is 0.307 e. The molecule has 0 radical (unpaired) electrons. The van der Waals surface area contributed by atoms with Gasteiger partial charge in [0, 0.05) is 0 Å². The minimum Gasteiger partial charge on any atom is -0.274 e. The van der Waals surface area contributed by atoms with E-state index in [1.807, 2.05) is 0 Å². The Balaban J connectivity index is 3.04. The predicted molar refractivity (Wildman–Crippen MR) is 18.2 cm³/mol. The van der Waals surface area contributed by atoms with Crippen LogP contribution in [-0.2, 0) is 20.4 Å². The van der Waals surface area contributed by atoms with Crippen LogP contribution in [0.25, 0.3) is 0 Å². The zero-order valence-corrected chi connectivity index (χ0v) is 3.45. The molecular formula is C2O3S. The lowest BCUT2D eigenvalue weighted by Gasteiger charge is -1.27. The molecule has 1 aliphatic rings. The van der Waals surface area contributed by atoms with Gasteiger partial charge in [-0.3, -0.25) is 9.59 Å². The molecular weight excluding hydrogens is 104 g/mol. The fourth-order valence-corrected chi connectivity index (χ4v) is 0.431. The Hall–Kier alpha value is -0.510. The summed E-state index contributed by atoms with van der Waals surface area (Å²) in [6.45, 7) is 0. The first-order valence-electron chi connectivity index (χ1n) is 1.23. The standard InChI is InChI=1S/C2O3S/c3-1-2(4)6(1)5. The Kier molecular flexibility index (Phi) is 0.464. The molecule has 0 aromatic heterocycles. The van der Waals surface area contributed by atoms with Gasteiger partial charge in [-0.1, -0.05) is 0 Å². The summed E-state index contributed by atoms with van der Waals surface area (Å²) in [5.74, 6) is 0. The monoisotopic (exact) mass is 104 g/mol. The zero-order valence-electron chi connectivity index (χ0n) is 2.63. The maximum atomic E-state index is 9.63. The molecule has 6 heavy (non-hydrogen) atoms. The number of carbonyl (C=O) groups excluding carboxylic acids is 2. The van der Waals surface area contributed by atoms with Crippen molar-refractivity contribution in [3.8, 4) is 0 Å². The maximum Gasteiger partial charge on any atom is 0.307 e. The summed E-state index contributed by atoms with van der Waals surface area (Å²) in [4.78, 5) is 19.1. The van der Waals surface area contributed by atoms with Crippen LogP contribution in [0, 0.1) is 0 Å². The normalized spacial score (nSPS) is 22.0. The van der Waals surface area contributed by atoms with E-state index in [0.29, 0.717) is 0 Å². The number of carbonyl (C=O) groups is 2. The minimum atomic E-state index is -1.73. The summed E-state index contributed by atoms with van der Waals surface area (Å²) in [5.41, 5.74) is 0. The fourth-order valence-electron chi connectivity index (χ4n) is 0.110. The van der Waals surface area contributed by atoms with Crippen molar-refractivity contribution in [2.45, 2.75) is 0 Å². The molecule has 0 aromatic rings. The van der Waals surface area contributed by atoms with Crippen molar-refractivity contribution < 1.29 is 13.8 Å². The van der Waals surface area contributed by atoms with Gasteiger partial charge in [-0.25, -0.2) is 4.21 Å². The Morgan fingerprint density at radius 2 is 1.33 bits per heavy atom.